The SMILES string of the molecule is O=C=Nc1ccccc1.O=S(=O)(Cl)Cl. The monoisotopic (exact) mass is 253 g/mol. The molecule has 0 N–H and O–H groups in total. The number of para-hydroxylation sites is 1. The summed E-state index contributed by atoms with van der Waals surface area (Å²) in [7, 11) is 4.81. The number of nitrogens with zero attached hydrogens (tertiary/aromatic N) is 1. The van der Waals surface area contributed by atoms with Crippen molar-refractivity contribution in [3.05, 3.63) is 30.3 Å². The average Bonchev–Trinajstić information content (AvgIpc) is 2.03. The Morgan fingerprint density at radius 3 is 1.93 bits per heavy atom. The molecular formula is C7H5Cl2NO3S. The number of benzene rings is 1. The lowest BCUT2D eigenvalue weighted by Gasteiger charge is -1.83. The Kier molecular flexibility index (Phi) is 6.16. The molecule has 1 aromatic rings. The Morgan fingerprint density at radius 1 is 1.14 bits per heavy atom. The number of isocyanates is 1. The molecule has 0 heterocycles. The molecule has 14 heavy (non-hydrogen) atoms. The maximum Gasteiger partial charge on any atom is 0.317 e. The van der Waals surface area contributed by atoms with Crippen LogP contribution in [0.25, 0.3) is 0 Å². The summed E-state index contributed by atoms with van der Waals surface area (Å²) < 4.78 is 18.3. The molecule has 0 aliphatic heterocycles. The Balaban J connectivity index is 0.000000292. The van der Waals surface area contributed by atoms with E-state index in [2.05, 4.69) is 26.4 Å². The van der Waals surface area contributed by atoms with Crippen LogP contribution in [-0.4, -0.2) is 14.5 Å². The topological polar surface area (TPSA) is 63.6 Å². The van der Waals surface area contributed by atoms with Gasteiger partial charge in [0.2, 0.25) is 6.08 Å². The number of carbonyl (C=O) groups excluding carboxylic acids is 1. The van der Waals surface area contributed by atoms with Gasteiger partial charge in [-0.15, -0.1) is 0 Å². The first kappa shape index (κ1) is 13.1. The van der Waals surface area contributed by atoms with Crippen molar-refractivity contribution in [2.45, 2.75) is 0 Å². The van der Waals surface area contributed by atoms with E-state index in [1.807, 2.05) is 18.2 Å². The van der Waals surface area contributed by atoms with Crippen molar-refractivity contribution in [3.63, 3.8) is 0 Å². The summed E-state index contributed by atoms with van der Waals surface area (Å²) in [4.78, 5) is 13.1. The maximum absolute atomic E-state index is 9.68. The van der Waals surface area contributed by atoms with Crippen molar-refractivity contribution in [1.29, 1.82) is 0 Å². The third-order valence-electron chi connectivity index (χ3n) is 0.931. The van der Waals surface area contributed by atoms with Crippen molar-refractivity contribution in [2.24, 2.45) is 4.99 Å². The minimum Gasteiger partial charge on any atom is -0.211 e. The van der Waals surface area contributed by atoms with Crippen LogP contribution in [0.5, 0.6) is 0 Å². The van der Waals surface area contributed by atoms with Crippen molar-refractivity contribution in [1.82, 2.24) is 0 Å². The van der Waals surface area contributed by atoms with Gasteiger partial charge in [-0.2, -0.15) is 13.4 Å². The summed E-state index contributed by atoms with van der Waals surface area (Å²) in [6, 6.07) is 8.98. The van der Waals surface area contributed by atoms with E-state index in [0.717, 1.165) is 0 Å². The van der Waals surface area contributed by atoms with Gasteiger partial charge in [0.15, 0.2) is 0 Å². The minimum absolute atomic E-state index is 0.646. The predicted molar refractivity (Wildman–Crippen MR) is 54.8 cm³/mol. The zero-order valence-corrected chi connectivity index (χ0v) is 9.05. The van der Waals surface area contributed by atoms with Crippen LogP contribution in [0.15, 0.2) is 35.3 Å². The minimum atomic E-state index is -3.72. The number of hydrogen-bond donors (Lipinski definition) is 0. The van der Waals surface area contributed by atoms with Crippen LogP contribution < -0.4 is 0 Å². The number of halogens is 2. The van der Waals surface area contributed by atoms with E-state index in [-0.39, 0.29) is 0 Å². The van der Waals surface area contributed by atoms with Gasteiger partial charge in [0.25, 0.3) is 0 Å². The second kappa shape index (κ2) is 6.56. The first-order chi connectivity index (χ1) is 6.43. The molecule has 0 unspecified atom stereocenters. The Labute approximate surface area is 90.1 Å². The van der Waals surface area contributed by atoms with Gasteiger partial charge in [-0.05, 0) is 12.1 Å². The van der Waals surface area contributed by atoms with Crippen LogP contribution in [0.4, 0.5) is 5.69 Å². The fourth-order valence-electron chi connectivity index (χ4n) is 0.555. The number of hydrogen-bond acceptors (Lipinski definition) is 4. The summed E-state index contributed by atoms with van der Waals surface area (Å²) in [5.41, 5.74) is 0.646. The molecule has 0 bridgehead atoms. The highest BCUT2D eigenvalue weighted by Crippen LogP contribution is 2.06. The molecule has 0 radical (unpaired) electrons. The van der Waals surface area contributed by atoms with Crippen molar-refractivity contribution in [3.8, 4) is 0 Å². The molecule has 0 aliphatic carbocycles. The van der Waals surface area contributed by atoms with Crippen LogP contribution >= 0.6 is 21.4 Å². The lowest BCUT2D eigenvalue weighted by molar-refractivity contribution is 0.565. The zero-order chi connectivity index (χ0) is 11.0. The molecule has 1 rings (SSSR count). The van der Waals surface area contributed by atoms with Gasteiger partial charge in [-0.25, -0.2) is 4.79 Å². The summed E-state index contributed by atoms with van der Waals surface area (Å²) in [6.07, 6.45) is 1.46. The molecule has 1 aromatic carbocycles. The highest BCUT2D eigenvalue weighted by molar-refractivity contribution is 8.31. The van der Waals surface area contributed by atoms with Gasteiger partial charge < -0.3 is 0 Å². The molecule has 0 aliphatic rings. The van der Waals surface area contributed by atoms with Crippen LogP contribution in [0, 0.1) is 0 Å². The van der Waals surface area contributed by atoms with Gasteiger partial charge >= 0.3 is 8.26 Å². The van der Waals surface area contributed by atoms with Crippen LogP contribution in [-0.2, 0) is 13.1 Å². The molecular weight excluding hydrogens is 249 g/mol. The van der Waals surface area contributed by atoms with E-state index in [9.17, 15) is 4.79 Å². The van der Waals surface area contributed by atoms with E-state index >= 15 is 0 Å². The second-order valence-corrected chi connectivity index (χ2v) is 5.59. The predicted octanol–water partition coefficient (Wildman–Crippen LogP) is 2.36. The lowest BCUT2D eigenvalue weighted by atomic mass is 10.3. The van der Waals surface area contributed by atoms with Crippen LogP contribution in [0.3, 0.4) is 0 Å². The van der Waals surface area contributed by atoms with Crippen molar-refractivity contribution >= 4 is 41.4 Å². The van der Waals surface area contributed by atoms with E-state index < -0.39 is 8.26 Å². The van der Waals surface area contributed by atoms with Gasteiger partial charge in [0.05, 0.1) is 5.69 Å². The van der Waals surface area contributed by atoms with Crippen molar-refractivity contribution in [2.75, 3.05) is 0 Å². The normalized spacial score (nSPS) is 9.29. The van der Waals surface area contributed by atoms with E-state index in [4.69, 9.17) is 8.42 Å². The van der Waals surface area contributed by atoms with E-state index in [1.54, 1.807) is 12.1 Å². The third-order valence-corrected chi connectivity index (χ3v) is 0.931. The van der Waals surface area contributed by atoms with Gasteiger partial charge in [0, 0.05) is 21.4 Å². The molecule has 0 saturated carbocycles. The third kappa shape index (κ3) is 11.1. The highest BCUT2D eigenvalue weighted by Gasteiger charge is 1.88. The highest BCUT2D eigenvalue weighted by atomic mass is 36.0. The molecule has 0 aromatic heterocycles. The van der Waals surface area contributed by atoms with Gasteiger partial charge in [0.1, 0.15) is 0 Å². The Bertz CT molecular complexity index is 404. The summed E-state index contributed by atoms with van der Waals surface area (Å²) in [5, 5.41) is 0. The standard InChI is InChI=1S/C7H5NO.Cl2O2S/c9-6-8-7-4-2-1-3-5-7;1-5(2,3)4/h1-5H;. The van der Waals surface area contributed by atoms with Crippen molar-refractivity contribution < 1.29 is 13.2 Å². The summed E-state index contributed by atoms with van der Waals surface area (Å²) >= 11 is 0. The quantitative estimate of drug-likeness (QED) is 0.439. The smallest absolute Gasteiger partial charge is 0.211 e. The molecule has 0 amide bonds. The van der Waals surface area contributed by atoms with E-state index in [1.165, 1.54) is 6.08 Å². The van der Waals surface area contributed by atoms with Crippen LogP contribution in [0.2, 0.25) is 0 Å². The first-order valence-electron chi connectivity index (χ1n) is 3.20. The first-order valence-corrected chi connectivity index (χ1v) is 6.34. The Hall–Kier alpha value is -0.870. The zero-order valence-electron chi connectivity index (χ0n) is 6.72. The number of aliphatic imine (C=N–C) groups is 1. The molecule has 0 saturated heterocycles. The maximum atomic E-state index is 9.68. The second-order valence-electron chi connectivity index (χ2n) is 1.92. The fraction of sp³-hybridized carbons (Fsp3) is 0. The molecule has 0 spiro atoms. The lowest BCUT2D eigenvalue weighted by Crippen LogP contribution is -1.63. The Morgan fingerprint density at radius 2 is 1.57 bits per heavy atom. The molecule has 4 nitrogen and oxygen atoms in total. The van der Waals surface area contributed by atoms with E-state index in [0.29, 0.717) is 5.69 Å². The fourth-order valence-corrected chi connectivity index (χ4v) is 0.555. The largest absolute Gasteiger partial charge is 0.317 e. The summed E-state index contributed by atoms with van der Waals surface area (Å²) in [6.45, 7) is 0. The van der Waals surface area contributed by atoms with Gasteiger partial charge in [-0.1, -0.05) is 18.2 Å². The van der Waals surface area contributed by atoms with Crippen LogP contribution in [0.1, 0.15) is 0 Å². The molecule has 0 atom stereocenters. The molecule has 7 heteroatoms. The number of rotatable bonds is 1. The average molecular weight is 254 g/mol. The summed E-state index contributed by atoms with van der Waals surface area (Å²) in [5.74, 6) is 0. The van der Waals surface area contributed by atoms with Gasteiger partial charge in [-0.3, -0.25) is 0 Å². The molecule has 0 fully saturated rings. The molecule has 76 valence electrons.